The smallest absolute Gasteiger partial charge is 0.236 e. The van der Waals surface area contributed by atoms with Crippen LogP contribution >= 0.6 is 15.9 Å². The van der Waals surface area contributed by atoms with Crippen molar-refractivity contribution in [1.82, 2.24) is 9.80 Å². The second-order valence-electron chi connectivity index (χ2n) is 5.95. The zero-order valence-electron chi connectivity index (χ0n) is 11.6. The zero-order chi connectivity index (χ0) is 13.1. The van der Waals surface area contributed by atoms with Crippen LogP contribution in [0.2, 0.25) is 0 Å². The number of carbonyl (C=O) groups is 1. The van der Waals surface area contributed by atoms with E-state index in [1.165, 1.54) is 25.9 Å². The molecule has 0 radical (unpaired) electrons. The van der Waals surface area contributed by atoms with Crippen LogP contribution in [0, 0.1) is 5.92 Å². The molecule has 2 aliphatic rings. The van der Waals surface area contributed by atoms with E-state index in [-0.39, 0.29) is 10.7 Å². The molecule has 2 rings (SSSR count). The fraction of sp³-hybridized carbons (Fsp3) is 0.929. The van der Waals surface area contributed by atoms with E-state index in [2.05, 4.69) is 34.7 Å². The molecule has 0 aromatic carbocycles. The number of nitrogens with zero attached hydrogens (tertiary/aromatic N) is 2. The fourth-order valence-corrected chi connectivity index (χ4v) is 3.31. The van der Waals surface area contributed by atoms with Crippen LogP contribution in [0.3, 0.4) is 0 Å². The third-order valence-corrected chi connectivity index (χ3v) is 5.70. The normalized spacial score (nSPS) is 24.8. The molecular weight excluding hydrogens is 292 g/mol. The molecule has 2 heterocycles. The average molecular weight is 317 g/mol. The summed E-state index contributed by atoms with van der Waals surface area (Å²) in [5.41, 5.74) is 0. The van der Waals surface area contributed by atoms with Crippen molar-refractivity contribution in [1.29, 1.82) is 0 Å². The molecule has 2 fully saturated rings. The standard InChI is InChI=1S/C14H25BrN2O/c1-11(2)13(15)14(18)17-9-5-12(6-10-17)16-7-3-4-8-16/h11-13H,3-10H2,1-2H3. The van der Waals surface area contributed by atoms with Crippen LogP contribution in [-0.2, 0) is 4.79 Å². The summed E-state index contributed by atoms with van der Waals surface area (Å²) in [6.45, 7) is 8.60. The highest BCUT2D eigenvalue weighted by molar-refractivity contribution is 9.10. The Morgan fingerprint density at radius 3 is 2.17 bits per heavy atom. The summed E-state index contributed by atoms with van der Waals surface area (Å²) in [4.78, 5) is 16.9. The Morgan fingerprint density at radius 1 is 1.11 bits per heavy atom. The molecule has 0 aliphatic carbocycles. The van der Waals surface area contributed by atoms with Gasteiger partial charge in [0.1, 0.15) is 0 Å². The number of hydrogen-bond donors (Lipinski definition) is 0. The molecule has 2 saturated heterocycles. The summed E-state index contributed by atoms with van der Waals surface area (Å²) in [7, 11) is 0. The van der Waals surface area contributed by atoms with Crippen molar-refractivity contribution in [3.8, 4) is 0 Å². The van der Waals surface area contributed by atoms with Gasteiger partial charge in [-0.2, -0.15) is 0 Å². The topological polar surface area (TPSA) is 23.6 Å². The summed E-state index contributed by atoms with van der Waals surface area (Å²) in [6.07, 6.45) is 5.03. The summed E-state index contributed by atoms with van der Waals surface area (Å²) in [5.74, 6) is 0.652. The van der Waals surface area contributed by atoms with Gasteiger partial charge in [-0.3, -0.25) is 4.79 Å². The number of halogens is 1. The van der Waals surface area contributed by atoms with E-state index >= 15 is 0 Å². The molecule has 0 bridgehead atoms. The maximum atomic E-state index is 12.2. The molecule has 0 aromatic heterocycles. The quantitative estimate of drug-likeness (QED) is 0.747. The van der Waals surface area contributed by atoms with Gasteiger partial charge < -0.3 is 9.80 Å². The molecule has 0 N–H and O–H groups in total. The van der Waals surface area contributed by atoms with Crippen molar-refractivity contribution in [2.24, 2.45) is 5.92 Å². The van der Waals surface area contributed by atoms with Gasteiger partial charge in [0.15, 0.2) is 0 Å². The van der Waals surface area contributed by atoms with Gasteiger partial charge in [-0.05, 0) is 44.7 Å². The van der Waals surface area contributed by atoms with Crippen molar-refractivity contribution in [2.45, 2.75) is 50.4 Å². The largest absolute Gasteiger partial charge is 0.342 e. The third kappa shape index (κ3) is 3.27. The van der Waals surface area contributed by atoms with E-state index in [9.17, 15) is 4.79 Å². The summed E-state index contributed by atoms with van der Waals surface area (Å²) in [5, 5.41) is 0. The van der Waals surface area contributed by atoms with Crippen LogP contribution in [0.1, 0.15) is 39.5 Å². The predicted molar refractivity (Wildman–Crippen MR) is 78.0 cm³/mol. The highest BCUT2D eigenvalue weighted by atomic mass is 79.9. The van der Waals surface area contributed by atoms with Gasteiger partial charge >= 0.3 is 0 Å². The molecule has 104 valence electrons. The van der Waals surface area contributed by atoms with Gasteiger partial charge in [-0.15, -0.1) is 0 Å². The molecular formula is C14H25BrN2O. The third-order valence-electron chi connectivity index (χ3n) is 4.25. The van der Waals surface area contributed by atoms with Crippen molar-refractivity contribution in [3.63, 3.8) is 0 Å². The van der Waals surface area contributed by atoms with Gasteiger partial charge in [0, 0.05) is 19.1 Å². The van der Waals surface area contributed by atoms with Crippen LogP contribution in [0.15, 0.2) is 0 Å². The zero-order valence-corrected chi connectivity index (χ0v) is 13.2. The number of hydrogen-bond acceptors (Lipinski definition) is 2. The van der Waals surface area contributed by atoms with Crippen molar-refractivity contribution < 1.29 is 4.79 Å². The first-order valence-corrected chi connectivity index (χ1v) is 8.18. The minimum atomic E-state index is -0.0131. The van der Waals surface area contributed by atoms with E-state index in [0.29, 0.717) is 5.92 Å². The lowest BCUT2D eigenvalue weighted by Crippen LogP contribution is -2.48. The number of rotatable bonds is 3. The van der Waals surface area contributed by atoms with E-state index in [0.717, 1.165) is 32.0 Å². The van der Waals surface area contributed by atoms with Gasteiger partial charge in [-0.25, -0.2) is 0 Å². The highest BCUT2D eigenvalue weighted by Gasteiger charge is 2.31. The van der Waals surface area contributed by atoms with Gasteiger partial charge in [0.2, 0.25) is 5.91 Å². The van der Waals surface area contributed by atoms with Crippen molar-refractivity contribution in [2.75, 3.05) is 26.2 Å². The lowest BCUT2D eigenvalue weighted by atomic mass is 10.0. The first-order chi connectivity index (χ1) is 8.59. The van der Waals surface area contributed by atoms with E-state index < -0.39 is 0 Å². The monoisotopic (exact) mass is 316 g/mol. The number of likely N-dealkylation sites (tertiary alicyclic amines) is 2. The summed E-state index contributed by atoms with van der Waals surface area (Å²) in [6, 6.07) is 0.726. The second-order valence-corrected chi connectivity index (χ2v) is 6.93. The molecule has 1 amide bonds. The first kappa shape index (κ1) is 14.3. The number of alkyl halides is 1. The Bertz CT molecular complexity index is 282. The fourth-order valence-electron chi connectivity index (χ4n) is 3.02. The van der Waals surface area contributed by atoms with Gasteiger partial charge in [0.25, 0.3) is 0 Å². The van der Waals surface area contributed by atoms with Gasteiger partial charge in [0.05, 0.1) is 4.83 Å². The number of piperidine rings is 1. The van der Waals surface area contributed by atoms with Crippen molar-refractivity contribution >= 4 is 21.8 Å². The van der Waals surface area contributed by atoms with Gasteiger partial charge in [-0.1, -0.05) is 29.8 Å². The average Bonchev–Trinajstić information content (AvgIpc) is 2.91. The minimum Gasteiger partial charge on any atom is -0.342 e. The Hall–Kier alpha value is -0.0900. The van der Waals surface area contributed by atoms with Crippen LogP contribution < -0.4 is 0 Å². The Kier molecular flexibility index (Phi) is 5.07. The molecule has 2 aliphatic heterocycles. The molecule has 0 saturated carbocycles. The maximum absolute atomic E-state index is 12.2. The molecule has 18 heavy (non-hydrogen) atoms. The molecule has 1 atom stereocenters. The van der Waals surface area contributed by atoms with Crippen molar-refractivity contribution in [3.05, 3.63) is 0 Å². The Balaban J connectivity index is 1.80. The molecule has 3 nitrogen and oxygen atoms in total. The van der Waals surface area contributed by atoms with E-state index in [4.69, 9.17) is 0 Å². The van der Waals surface area contributed by atoms with Crippen LogP contribution in [0.5, 0.6) is 0 Å². The van der Waals surface area contributed by atoms with Crippen LogP contribution in [-0.4, -0.2) is 52.8 Å². The summed E-state index contributed by atoms with van der Waals surface area (Å²) < 4.78 is 0. The van der Waals surface area contributed by atoms with E-state index in [1.807, 2.05) is 4.90 Å². The number of carbonyl (C=O) groups excluding carboxylic acids is 1. The molecule has 0 aromatic rings. The SMILES string of the molecule is CC(C)C(Br)C(=O)N1CCC(N2CCCC2)CC1. The number of amides is 1. The molecule has 0 spiro atoms. The van der Waals surface area contributed by atoms with Crippen LogP contribution in [0.4, 0.5) is 0 Å². The lowest BCUT2D eigenvalue weighted by Gasteiger charge is -2.37. The Labute approximate surface area is 119 Å². The van der Waals surface area contributed by atoms with Crippen LogP contribution in [0.25, 0.3) is 0 Å². The Morgan fingerprint density at radius 2 is 1.67 bits per heavy atom. The minimum absolute atomic E-state index is 0.0131. The second kappa shape index (κ2) is 6.38. The predicted octanol–water partition coefficient (Wildman–Crippen LogP) is 2.49. The molecule has 1 unspecified atom stereocenters. The highest BCUT2D eigenvalue weighted by Crippen LogP contribution is 2.23. The maximum Gasteiger partial charge on any atom is 0.236 e. The lowest BCUT2D eigenvalue weighted by molar-refractivity contribution is -0.132. The molecule has 4 heteroatoms. The van der Waals surface area contributed by atoms with E-state index in [1.54, 1.807) is 0 Å². The first-order valence-electron chi connectivity index (χ1n) is 7.26. The summed E-state index contributed by atoms with van der Waals surface area (Å²) >= 11 is 3.52.